The Hall–Kier alpha value is -0.940. The molecule has 5 heteroatoms. The van der Waals surface area contributed by atoms with Crippen molar-refractivity contribution in [2.24, 2.45) is 11.8 Å². The number of nitrogens with zero attached hydrogens (tertiary/aromatic N) is 2. The van der Waals surface area contributed by atoms with Crippen molar-refractivity contribution < 1.29 is 9.90 Å². The van der Waals surface area contributed by atoms with Gasteiger partial charge in [-0.15, -0.1) is 11.3 Å². The van der Waals surface area contributed by atoms with Gasteiger partial charge < -0.3 is 5.11 Å². The van der Waals surface area contributed by atoms with Crippen molar-refractivity contribution in [3.63, 3.8) is 0 Å². The number of carbonyl (C=O) groups is 1. The lowest BCUT2D eigenvalue weighted by atomic mass is 9.85. The maximum absolute atomic E-state index is 11.6. The van der Waals surface area contributed by atoms with Crippen LogP contribution in [-0.2, 0) is 17.8 Å². The molecule has 3 unspecified atom stereocenters. The summed E-state index contributed by atoms with van der Waals surface area (Å²) < 4.78 is 0. The molecule has 1 N–H and O–H groups in total. The summed E-state index contributed by atoms with van der Waals surface area (Å²) in [4.78, 5) is 19.6. The van der Waals surface area contributed by atoms with Crippen molar-refractivity contribution >= 4 is 17.3 Å². The van der Waals surface area contributed by atoms with E-state index in [1.165, 1.54) is 29.1 Å². The van der Waals surface area contributed by atoms with E-state index >= 15 is 0 Å². The Bertz CT molecular complexity index is 528. The van der Waals surface area contributed by atoms with Gasteiger partial charge in [0, 0.05) is 30.1 Å². The minimum atomic E-state index is -0.652. The highest BCUT2D eigenvalue weighted by atomic mass is 32.1. The van der Waals surface area contributed by atoms with Gasteiger partial charge in [-0.25, -0.2) is 4.98 Å². The molecule has 0 amide bonds. The first-order valence-corrected chi connectivity index (χ1v) is 9.28. The van der Waals surface area contributed by atoms with Crippen molar-refractivity contribution in [1.29, 1.82) is 0 Å². The Morgan fingerprint density at radius 2 is 2.23 bits per heavy atom. The molecule has 1 aliphatic heterocycles. The standard InChI is InChI=1S/C17H26N2O2S/c1-11(2)7-16-18-9-13(22-16)10-19-14-6-4-3-5-12(14)8-15(19)17(20)21/h9,11-12,14-15H,3-8,10H2,1-2H3,(H,20,21). The van der Waals surface area contributed by atoms with Crippen LogP contribution in [0.2, 0.25) is 0 Å². The van der Waals surface area contributed by atoms with E-state index in [0.717, 1.165) is 25.8 Å². The highest BCUT2D eigenvalue weighted by molar-refractivity contribution is 7.11. The molecule has 1 saturated carbocycles. The van der Waals surface area contributed by atoms with Gasteiger partial charge in [0.2, 0.25) is 0 Å². The van der Waals surface area contributed by atoms with Crippen molar-refractivity contribution in [2.45, 2.75) is 71.0 Å². The summed E-state index contributed by atoms with van der Waals surface area (Å²) in [7, 11) is 0. The Morgan fingerprint density at radius 3 is 2.95 bits per heavy atom. The predicted octanol–water partition coefficient (Wildman–Crippen LogP) is 3.56. The molecule has 0 bridgehead atoms. The van der Waals surface area contributed by atoms with E-state index in [2.05, 4.69) is 23.7 Å². The SMILES string of the molecule is CC(C)Cc1ncc(CN2C(C(=O)O)CC3CCCCC32)s1. The van der Waals surface area contributed by atoms with Crippen LogP contribution >= 0.6 is 11.3 Å². The van der Waals surface area contributed by atoms with Gasteiger partial charge in [-0.3, -0.25) is 9.69 Å². The van der Waals surface area contributed by atoms with Crippen LogP contribution < -0.4 is 0 Å². The molecule has 1 aliphatic carbocycles. The fraction of sp³-hybridized carbons (Fsp3) is 0.765. The molecular formula is C17H26N2O2S. The van der Waals surface area contributed by atoms with Gasteiger partial charge in [-0.1, -0.05) is 26.7 Å². The first-order valence-electron chi connectivity index (χ1n) is 8.46. The maximum atomic E-state index is 11.6. The number of rotatable bonds is 5. The Kier molecular flexibility index (Phi) is 4.83. The number of likely N-dealkylation sites (tertiary alicyclic amines) is 1. The molecule has 1 aromatic heterocycles. The van der Waals surface area contributed by atoms with Gasteiger partial charge in [0.15, 0.2) is 0 Å². The molecule has 0 aromatic carbocycles. The zero-order valence-corrected chi connectivity index (χ0v) is 14.3. The van der Waals surface area contributed by atoms with E-state index in [4.69, 9.17) is 0 Å². The third kappa shape index (κ3) is 3.35. The quantitative estimate of drug-likeness (QED) is 0.900. The van der Waals surface area contributed by atoms with Crippen LogP contribution in [-0.4, -0.2) is 33.0 Å². The van der Waals surface area contributed by atoms with E-state index in [0.29, 0.717) is 17.9 Å². The molecular weight excluding hydrogens is 296 g/mol. The van der Waals surface area contributed by atoms with E-state index < -0.39 is 5.97 Å². The first-order chi connectivity index (χ1) is 10.5. The number of hydrogen-bond donors (Lipinski definition) is 1. The number of carboxylic acids is 1. The minimum Gasteiger partial charge on any atom is -0.480 e. The Balaban J connectivity index is 1.73. The zero-order valence-electron chi connectivity index (χ0n) is 13.5. The first kappa shape index (κ1) is 15.9. The fourth-order valence-corrected chi connectivity index (χ4v) is 5.21. The number of aliphatic carboxylic acids is 1. The van der Waals surface area contributed by atoms with E-state index in [1.807, 2.05) is 6.20 Å². The smallest absolute Gasteiger partial charge is 0.320 e. The zero-order chi connectivity index (χ0) is 15.7. The van der Waals surface area contributed by atoms with E-state index in [9.17, 15) is 9.90 Å². The predicted molar refractivity (Wildman–Crippen MR) is 88.0 cm³/mol. The molecule has 2 aliphatic rings. The second-order valence-electron chi connectivity index (χ2n) is 7.19. The number of aromatic nitrogens is 1. The molecule has 3 rings (SSSR count). The largest absolute Gasteiger partial charge is 0.480 e. The highest BCUT2D eigenvalue weighted by Crippen LogP contribution is 2.40. The number of carboxylic acid groups (broad SMARTS) is 1. The Morgan fingerprint density at radius 1 is 1.45 bits per heavy atom. The summed E-state index contributed by atoms with van der Waals surface area (Å²) in [6.07, 6.45) is 8.66. The van der Waals surface area contributed by atoms with Crippen molar-refractivity contribution in [3.8, 4) is 0 Å². The number of fused-ring (bicyclic) bond motifs is 1. The van der Waals surface area contributed by atoms with Crippen LogP contribution in [0.25, 0.3) is 0 Å². The highest BCUT2D eigenvalue weighted by Gasteiger charge is 2.45. The summed E-state index contributed by atoms with van der Waals surface area (Å²) in [5, 5.41) is 10.8. The van der Waals surface area contributed by atoms with Gasteiger partial charge in [0.25, 0.3) is 0 Å². The van der Waals surface area contributed by atoms with Gasteiger partial charge in [-0.2, -0.15) is 0 Å². The normalized spacial score (nSPS) is 29.0. The minimum absolute atomic E-state index is 0.302. The van der Waals surface area contributed by atoms with E-state index in [1.54, 1.807) is 11.3 Å². The maximum Gasteiger partial charge on any atom is 0.320 e. The molecule has 1 aromatic rings. The molecule has 22 heavy (non-hydrogen) atoms. The molecule has 122 valence electrons. The monoisotopic (exact) mass is 322 g/mol. The summed E-state index contributed by atoms with van der Waals surface area (Å²) in [5.74, 6) is 0.541. The topological polar surface area (TPSA) is 53.4 Å². The molecule has 3 atom stereocenters. The van der Waals surface area contributed by atoms with Crippen molar-refractivity contribution in [1.82, 2.24) is 9.88 Å². The molecule has 2 heterocycles. The fourth-order valence-electron chi connectivity index (χ4n) is 4.07. The Labute approximate surface area is 136 Å². The molecule has 2 fully saturated rings. The second kappa shape index (κ2) is 6.67. The van der Waals surface area contributed by atoms with Crippen molar-refractivity contribution in [3.05, 3.63) is 16.1 Å². The van der Waals surface area contributed by atoms with E-state index in [-0.39, 0.29) is 6.04 Å². The second-order valence-corrected chi connectivity index (χ2v) is 8.39. The molecule has 4 nitrogen and oxygen atoms in total. The van der Waals surface area contributed by atoms with Crippen LogP contribution in [0.4, 0.5) is 0 Å². The van der Waals surface area contributed by atoms with Crippen LogP contribution in [0.5, 0.6) is 0 Å². The molecule has 0 spiro atoms. The van der Waals surface area contributed by atoms with Gasteiger partial charge in [0.05, 0.1) is 5.01 Å². The van der Waals surface area contributed by atoms with Crippen LogP contribution in [0.1, 0.15) is 55.8 Å². The van der Waals surface area contributed by atoms with Gasteiger partial charge >= 0.3 is 5.97 Å². The lowest BCUT2D eigenvalue weighted by Gasteiger charge is -2.32. The third-order valence-electron chi connectivity index (χ3n) is 5.03. The lowest BCUT2D eigenvalue weighted by molar-refractivity contribution is -0.142. The molecule has 0 radical (unpaired) electrons. The number of hydrogen-bond acceptors (Lipinski definition) is 4. The number of thiazole rings is 1. The average molecular weight is 322 g/mol. The van der Waals surface area contributed by atoms with Crippen LogP contribution in [0.15, 0.2) is 6.20 Å². The van der Waals surface area contributed by atoms with Crippen LogP contribution in [0, 0.1) is 11.8 Å². The summed E-state index contributed by atoms with van der Waals surface area (Å²) in [6.45, 7) is 5.16. The summed E-state index contributed by atoms with van der Waals surface area (Å²) in [5.41, 5.74) is 0. The summed E-state index contributed by atoms with van der Waals surface area (Å²) >= 11 is 1.76. The third-order valence-corrected chi connectivity index (χ3v) is 6.03. The lowest BCUT2D eigenvalue weighted by Crippen LogP contribution is -2.41. The average Bonchev–Trinajstić information content (AvgIpc) is 3.04. The van der Waals surface area contributed by atoms with Crippen molar-refractivity contribution in [2.75, 3.05) is 0 Å². The van der Waals surface area contributed by atoms with Gasteiger partial charge in [0.1, 0.15) is 6.04 Å². The van der Waals surface area contributed by atoms with Gasteiger partial charge in [-0.05, 0) is 31.1 Å². The summed E-state index contributed by atoms with van der Waals surface area (Å²) in [6, 6.07) is 0.161. The van der Waals surface area contributed by atoms with Crippen LogP contribution in [0.3, 0.4) is 0 Å². The molecule has 1 saturated heterocycles.